The summed E-state index contributed by atoms with van der Waals surface area (Å²) in [6.07, 6.45) is 2.26. The number of aryl methyl sites for hydroxylation is 1. The van der Waals surface area contributed by atoms with Gasteiger partial charge in [-0.15, -0.1) is 0 Å². The number of hydrogen-bond donors (Lipinski definition) is 1. The van der Waals surface area contributed by atoms with Crippen molar-refractivity contribution in [3.8, 4) is 6.07 Å². The molecule has 1 atom stereocenters. The summed E-state index contributed by atoms with van der Waals surface area (Å²) in [5.41, 5.74) is 0.970. The van der Waals surface area contributed by atoms with Crippen LogP contribution < -0.4 is 10.9 Å². The Morgan fingerprint density at radius 3 is 3.06 bits per heavy atom. The van der Waals surface area contributed by atoms with E-state index >= 15 is 0 Å². The van der Waals surface area contributed by atoms with Gasteiger partial charge in [0.05, 0.1) is 0 Å². The highest BCUT2D eigenvalue weighted by Crippen LogP contribution is 2.08. The Morgan fingerprint density at radius 2 is 2.44 bits per heavy atom. The summed E-state index contributed by atoms with van der Waals surface area (Å²) >= 11 is 0. The first-order chi connectivity index (χ1) is 7.72. The van der Waals surface area contributed by atoms with Gasteiger partial charge in [-0.1, -0.05) is 0 Å². The molecule has 1 fully saturated rings. The van der Waals surface area contributed by atoms with Crippen molar-refractivity contribution >= 4 is 0 Å². The molecule has 2 heterocycles. The molecule has 1 saturated heterocycles. The Hall–Kier alpha value is -1.60. The molecule has 0 aliphatic carbocycles. The molecule has 0 amide bonds. The smallest absolute Gasteiger partial charge is 0.268 e. The van der Waals surface area contributed by atoms with Crippen LogP contribution in [0, 0.1) is 18.3 Å². The van der Waals surface area contributed by atoms with Gasteiger partial charge in [0.25, 0.3) is 5.56 Å². The van der Waals surface area contributed by atoms with Crippen LogP contribution in [0.25, 0.3) is 0 Å². The lowest BCUT2D eigenvalue weighted by atomic mass is 10.2. The molecule has 1 N–H and O–H groups in total. The minimum atomic E-state index is -0.170. The third-order valence-corrected chi connectivity index (χ3v) is 3.08. The fraction of sp³-hybridized carbons (Fsp3) is 0.500. The molecule has 0 bridgehead atoms. The van der Waals surface area contributed by atoms with Crippen LogP contribution in [0.2, 0.25) is 0 Å². The number of rotatable bonds is 2. The predicted molar refractivity (Wildman–Crippen MR) is 61.2 cm³/mol. The van der Waals surface area contributed by atoms with E-state index < -0.39 is 0 Å². The molecule has 16 heavy (non-hydrogen) atoms. The largest absolute Gasteiger partial charge is 0.312 e. The first kappa shape index (κ1) is 10.9. The van der Waals surface area contributed by atoms with Crippen molar-refractivity contribution in [1.29, 1.82) is 5.26 Å². The Bertz CT molecular complexity index is 478. The number of aromatic nitrogens is 1. The van der Waals surface area contributed by atoms with Gasteiger partial charge in [0.1, 0.15) is 11.6 Å². The number of hydrogen-bond acceptors (Lipinski definition) is 3. The van der Waals surface area contributed by atoms with E-state index in [1.807, 2.05) is 19.1 Å². The second-order valence-electron chi connectivity index (χ2n) is 4.21. The quantitative estimate of drug-likeness (QED) is 0.796. The minimum Gasteiger partial charge on any atom is -0.312 e. The molecule has 1 unspecified atom stereocenters. The summed E-state index contributed by atoms with van der Waals surface area (Å²) < 4.78 is 1.70. The van der Waals surface area contributed by atoms with Gasteiger partial charge in [0.2, 0.25) is 0 Å². The molecule has 2 rings (SSSR count). The summed E-state index contributed by atoms with van der Waals surface area (Å²) in [5.74, 6) is 0. The Balaban J connectivity index is 2.32. The molecule has 1 aliphatic rings. The molecule has 1 aromatic rings. The highest BCUT2D eigenvalue weighted by Gasteiger charge is 2.16. The van der Waals surface area contributed by atoms with Gasteiger partial charge in [-0.05, 0) is 38.4 Å². The minimum absolute atomic E-state index is 0.170. The third-order valence-electron chi connectivity index (χ3n) is 3.08. The van der Waals surface area contributed by atoms with Crippen LogP contribution in [0.1, 0.15) is 24.1 Å². The molecule has 0 spiro atoms. The zero-order chi connectivity index (χ0) is 11.5. The van der Waals surface area contributed by atoms with Gasteiger partial charge in [0.15, 0.2) is 0 Å². The van der Waals surface area contributed by atoms with Crippen LogP contribution in [0.4, 0.5) is 0 Å². The lowest BCUT2D eigenvalue weighted by Gasteiger charge is -2.15. The second kappa shape index (κ2) is 4.50. The first-order valence-electron chi connectivity index (χ1n) is 5.56. The first-order valence-corrected chi connectivity index (χ1v) is 5.56. The Kier molecular flexibility index (Phi) is 3.07. The molecular formula is C12H15N3O. The normalized spacial score (nSPS) is 19.6. The van der Waals surface area contributed by atoms with E-state index in [0.717, 1.165) is 25.1 Å². The maximum absolute atomic E-state index is 11.9. The summed E-state index contributed by atoms with van der Waals surface area (Å²) in [5, 5.41) is 12.2. The van der Waals surface area contributed by atoms with Crippen molar-refractivity contribution in [2.45, 2.75) is 32.4 Å². The Labute approximate surface area is 94.5 Å². The monoisotopic (exact) mass is 217 g/mol. The van der Waals surface area contributed by atoms with Crippen LogP contribution in [-0.4, -0.2) is 17.2 Å². The highest BCUT2D eigenvalue weighted by molar-refractivity contribution is 5.27. The van der Waals surface area contributed by atoms with Crippen molar-refractivity contribution in [1.82, 2.24) is 9.88 Å². The van der Waals surface area contributed by atoms with E-state index in [1.165, 1.54) is 0 Å². The summed E-state index contributed by atoms with van der Waals surface area (Å²) in [4.78, 5) is 11.9. The van der Waals surface area contributed by atoms with Gasteiger partial charge in [0, 0.05) is 18.3 Å². The highest BCUT2D eigenvalue weighted by atomic mass is 16.1. The molecule has 1 aliphatic heterocycles. The van der Waals surface area contributed by atoms with Crippen molar-refractivity contribution < 1.29 is 0 Å². The lowest BCUT2D eigenvalue weighted by Crippen LogP contribution is -2.34. The van der Waals surface area contributed by atoms with E-state index in [1.54, 1.807) is 10.6 Å². The van der Waals surface area contributed by atoms with E-state index in [0.29, 0.717) is 12.6 Å². The van der Waals surface area contributed by atoms with Gasteiger partial charge < -0.3 is 9.88 Å². The fourth-order valence-electron chi connectivity index (χ4n) is 2.12. The van der Waals surface area contributed by atoms with E-state index in [-0.39, 0.29) is 11.1 Å². The van der Waals surface area contributed by atoms with Crippen LogP contribution in [-0.2, 0) is 6.54 Å². The van der Waals surface area contributed by atoms with Gasteiger partial charge >= 0.3 is 0 Å². The van der Waals surface area contributed by atoms with E-state index in [9.17, 15) is 4.79 Å². The summed E-state index contributed by atoms with van der Waals surface area (Å²) in [6.45, 7) is 3.59. The maximum atomic E-state index is 11.9. The average molecular weight is 217 g/mol. The van der Waals surface area contributed by atoms with Crippen LogP contribution >= 0.6 is 0 Å². The molecule has 4 heteroatoms. The van der Waals surface area contributed by atoms with E-state index in [2.05, 4.69) is 5.32 Å². The molecule has 0 aromatic carbocycles. The fourth-order valence-corrected chi connectivity index (χ4v) is 2.12. The Morgan fingerprint density at radius 1 is 1.62 bits per heavy atom. The van der Waals surface area contributed by atoms with Gasteiger partial charge in [-0.25, -0.2) is 0 Å². The van der Waals surface area contributed by atoms with Crippen LogP contribution in [0.5, 0.6) is 0 Å². The summed E-state index contributed by atoms with van der Waals surface area (Å²) in [7, 11) is 0. The summed E-state index contributed by atoms with van der Waals surface area (Å²) in [6, 6.07) is 5.72. The van der Waals surface area contributed by atoms with Gasteiger partial charge in [-0.3, -0.25) is 4.79 Å². The van der Waals surface area contributed by atoms with Gasteiger partial charge in [-0.2, -0.15) is 5.26 Å². The zero-order valence-electron chi connectivity index (χ0n) is 9.36. The van der Waals surface area contributed by atoms with Crippen molar-refractivity contribution in [2.24, 2.45) is 0 Å². The third kappa shape index (κ3) is 2.00. The topological polar surface area (TPSA) is 57.8 Å². The standard InChI is InChI=1S/C12H15N3O/c1-9-4-5-10(7-13)12(16)15(9)8-11-3-2-6-14-11/h4-5,11,14H,2-3,6,8H2,1H3. The van der Waals surface area contributed by atoms with Crippen molar-refractivity contribution in [3.63, 3.8) is 0 Å². The molecule has 0 radical (unpaired) electrons. The molecule has 1 aromatic heterocycles. The number of pyridine rings is 1. The van der Waals surface area contributed by atoms with Crippen molar-refractivity contribution in [3.05, 3.63) is 33.7 Å². The number of nitrogens with zero attached hydrogens (tertiary/aromatic N) is 2. The molecule has 84 valence electrons. The number of nitrogens with one attached hydrogen (secondary N) is 1. The maximum Gasteiger partial charge on any atom is 0.268 e. The molecule has 4 nitrogen and oxygen atoms in total. The molecular weight excluding hydrogens is 202 g/mol. The van der Waals surface area contributed by atoms with Crippen LogP contribution in [0.15, 0.2) is 16.9 Å². The number of nitriles is 1. The van der Waals surface area contributed by atoms with Crippen molar-refractivity contribution in [2.75, 3.05) is 6.54 Å². The predicted octanol–water partition coefficient (Wildman–Crippen LogP) is 0.780. The molecule has 0 saturated carbocycles. The SMILES string of the molecule is Cc1ccc(C#N)c(=O)n1CC1CCCN1. The lowest BCUT2D eigenvalue weighted by molar-refractivity contribution is 0.492. The van der Waals surface area contributed by atoms with E-state index in [4.69, 9.17) is 5.26 Å². The van der Waals surface area contributed by atoms with Crippen LogP contribution in [0.3, 0.4) is 0 Å². The second-order valence-corrected chi connectivity index (χ2v) is 4.21. The zero-order valence-corrected chi connectivity index (χ0v) is 9.36. The average Bonchev–Trinajstić information content (AvgIpc) is 2.77.